The van der Waals surface area contributed by atoms with Gasteiger partial charge in [0.05, 0.1) is 5.69 Å². The van der Waals surface area contributed by atoms with Crippen LogP contribution in [0.1, 0.15) is 36.8 Å². The van der Waals surface area contributed by atoms with Crippen LogP contribution in [0.15, 0.2) is 72.3 Å². The molecule has 0 fully saturated rings. The Balaban J connectivity index is 1.68. The first-order valence-corrected chi connectivity index (χ1v) is 11.1. The minimum Gasteiger partial charge on any atom is -0.306 e. The Hall–Kier alpha value is -3.39. The van der Waals surface area contributed by atoms with Crippen LogP contribution in [-0.4, -0.2) is 36.5 Å². The minimum absolute atomic E-state index is 0.172. The van der Waals surface area contributed by atoms with E-state index >= 15 is 0 Å². The molecule has 0 radical (unpaired) electrons. The fraction of sp³-hybridized carbons (Fsp3) is 0.217. The summed E-state index contributed by atoms with van der Waals surface area (Å²) in [5, 5.41) is 8.58. The lowest BCUT2D eigenvalue weighted by Gasteiger charge is -2.13. The van der Waals surface area contributed by atoms with Crippen molar-refractivity contribution in [1.29, 1.82) is 0 Å². The number of nitrogens with zero attached hydrogens (tertiary/aromatic N) is 5. The highest BCUT2D eigenvalue weighted by Crippen LogP contribution is 2.26. The third kappa shape index (κ3) is 4.39. The molecule has 0 unspecified atom stereocenters. The number of aromatic nitrogens is 5. The van der Waals surface area contributed by atoms with Gasteiger partial charge in [0.25, 0.3) is 5.91 Å². The van der Waals surface area contributed by atoms with Gasteiger partial charge in [-0.1, -0.05) is 44.7 Å². The van der Waals surface area contributed by atoms with E-state index in [0.29, 0.717) is 17.2 Å². The highest BCUT2D eigenvalue weighted by Gasteiger charge is 2.22. The Labute approximate surface area is 185 Å². The molecule has 4 aromatic rings. The zero-order valence-corrected chi connectivity index (χ0v) is 18.7. The second-order valence-corrected chi connectivity index (χ2v) is 8.83. The summed E-state index contributed by atoms with van der Waals surface area (Å²) in [5.74, 6) is 1.00. The van der Waals surface area contributed by atoms with Crippen molar-refractivity contribution in [2.45, 2.75) is 31.3 Å². The number of nitrogens with one attached hydrogen (secondary N) is 1. The molecule has 8 heteroatoms. The number of benzene rings is 1. The van der Waals surface area contributed by atoms with Crippen LogP contribution in [0.3, 0.4) is 0 Å². The van der Waals surface area contributed by atoms with Gasteiger partial charge in [-0.15, -0.1) is 0 Å². The van der Waals surface area contributed by atoms with Crippen LogP contribution in [0, 0.1) is 0 Å². The number of hydrogen-bond acceptors (Lipinski definition) is 5. The van der Waals surface area contributed by atoms with E-state index in [-0.39, 0.29) is 11.3 Å². The number of thioether (sulfide) groups is 1. The molecular formula is C23H24N6OS. The third-order valence-corrected chi connectivity index (χ3v) is 5.43. The molecule has 4 rings (SSSR count). The number of amides is 1. The number of carbonyl (C=O) groups is 1. The van der Waals surface area contributed by atoms with Crippen molar-refractivity contribution in [3.63, 3.8) is 0 Å². The lowest BCUT2D eigenvalue weighted by molar-refractivity contribution is 0.102. The lowest BCUT2D eigenvalue weighted by atomic mass is 9.92. The van der Waals surface area contributed by atoms with Gasteiger partial charge in [0, 0.05) is 41.3 Å². The van der Waals surface area contributed by atoms with Gasteiger partial charge in [-0.3, -0.25) is 9.36 Å². The molecule has 7 nitrogen and oxygen atoms in total. The topological polar surface area (TPSA) is 77.6 Å². The van der Waals surface area contributed by atoms with E-state index in [9.17, 15) is 4.79 Å². The molecule has 1 amide bonds. The van der Waals surface area contributed by atoms with Crippen LogP contribution in [0.25, 0.3) is 11.5 Å². The van der Waals surface area contributed by atoms with Gasteiger partial charge in [0.2, 0.25) is 0 Å². The van der Waals surface area contributed by atoms with Crippen LogP contribution in [-0.2, 0) is 5.41 Å². The number of pyridine rings is 1. The minimum atomic E-state index is -0.217. The molecule has 0 atom stereocenters. The largest absolute Gasteiger partial charge is 0.306 e. The van der Waals surface area contributed by atoms with Gasteiger partial charge in [-0.2, -0.15) is 9.78 Å². The summed E-state index contributed by atoms with van der Waals surface area (Å²) in [6.45, 7) is 6.25. The summed E-state index contributed by atoms with van der Waals surface area (Å²) in [4.78, 5) is 21.8. The van der Waals surface area contributed by atoms with E-state index < -0.39 is 0 Å². The molecule has 31 heavy (non-hydrogen) atoms. The van der Waals surface area contributed by atoms with E-state index in [0.717, 1.165) is 16.5 Å². The molecule has 0 saturated carbocycles. The second kappa shape index (κ2) is 8.39. The van der Waals surface area contributed by atoms with E-state index in [1.165, 1.54) is 0 Å². The van der Waals surface area contributed by atoms with Gasteiger partial charge in [0.15, 0.2) is 11.0 Å². The molecule has 1 aromatic carbocycles. The van der Waals surface area contributed by atoms with Crippen LogP contribution >= 0.6 is 11.8 Å². The van der Waals surface area contributed by atoms with E-state index in [2.05, 4.69) is 36.1 Å². The number of hydrogen-bond donors (Lipinski definition) is 1. The summed E-state index contributed by atoms with van der Waals surface area (Å²) in [5.41, 5.74) is 2.12. The number of rotatable bonds is 5. The maximum absolute atomic E-state index is 13.1. The molecule has 1 N–H and O–H groups in total. The number of imidazole rings is 1. The fourth-order valence-corrected chi connectivity index (χ4v) is 3.64. The van der Waals surface area contributed by atoms with E-state index in [1.807, 2.05) is 59.5 Å². The van der Waals surface area contributed by atoms with E-state index in [1.54, 1.807) is 34.9 Å². The summed E-state index contributed by atoms with van der Waals surface area (Å²) in [6, 6.07) is 15.0. The molecule has 0 spiro atoms. The van der Waals surface area contributed by atoms with Crippen molar-refractivity contribution in [2.75, 3.05) is 11.6 Å². The maximum atomic E-state index is 13.1. The van der Waals surface area contributed by atoms with Crippen LogP contribution < -0.4 is 5.32 Å². The SMILES string of the molecule is CSc1nccn1-c1cccc(C(=O)Nc2cc(C(C)(C)C)nn2-c2ccccn2)c1. The molecule has 0 aliphatic heterocycles. The lowest BCUT2D eigenvalue weighted by Crippen LogP contribution is -2.16. The molecule has 0 aliphatic carbocycles. The highest BCUT2D eigenvalue weighted by molar-refractivity contribution is 7.98. The second-order valence-electron chi connectivity index (χ2n) is 8.05. The molecule has 158 valence electrons. The zero-order chi connectivity index (χ0) is 22.0. The van der Waals surface area contributed by atoms with Gasteiger partial charge in [0.1, 0.15) is 5.82 Å². The molecule has 3 aromatic heterocycles. The van der Waals surface area contributed by atoms with E-state index in [4.69, 9.17) is 5.10 Å². The fourth-order valence-electron chi connectivity index (χ4n) is 3.11. The smallest absolute Gasteiger partial charge is 0.256 e. The van der Waals surface area contributed by atoms with Crippen LogP contribution in [0.4, 0.5) is 5.82 Å². The summed E-state index contributed by atoms with van der Waals surface area (Å²) < 4.78 is 3.63. The van der Waals surface area contributed by atoms with Crippen molar-refractivity contribution >= 4 is 23.5 Å². The quantitative estimate of drug-likeness (QED) is 0.462. The van der Waals surface area contributed by atoms with Crippen molar-refractivity contribution < 1.29 is 4.79 Å². The molecule has 0 saturated heterocycles. The Morgan fingerprint density at radius 3 is 2.58 bits per heavy atom. The first-order valence-electron chi connectivity index (χ1n) is 9.88. The van der Waals surface area contributed by atoms with Crippen molar-refractivity contribution in [3.05, 3.63) is 78.4 Å². The molecular weight excluding hydrogens is 408 g/mol. The summed E-state index contributed by atoms with van der Waals surface area (Å²) >= 11 is 1.55. The standard InChI is InChI=1S/C23H24N6OS/c1-23(2,3)18-15-20(29(27-18)19-10-5-6-11-24-19)26-21(30)16-8-7-9-17(14-16)28-13-12-25-22(28)31-4/h5-15H,1-4H3,(H,26,30). The Morgan fingerprint density at radius 2 is 1.87 bits per heavy atom. The monoisotopic (exact) mass is 432 g/mol. The van der Waals surface area contributed by atoms with Crippen LogP contribution in [0.2, 0.25) is 0 Å². The average Bonchev–Trinajstić information content (AvgIpc) is 3.41. The van der Waals surface area contributed by atoms with Crippen LogP contribution in [0.5, 0.6) is 0 Å². The highest BCUT2D eigenvalue weighted by atomic mass is 32.2. The van der Waals surface area contributed by atoms with Gasteiger partial charge < -0.3 is 5.32 Å². The first kappa shape index (κ1) is 20.9. The Kier molecular flexibility index (Phi) is 5.65. The van der Waals surface area contributed by atoms with Gasteiger partial charge in [-0.25, -0.2) is 9.97 Å². The molecule has 3 heterocycles. The zero-order valence-electron chi connectivity index (χ0n) is 17.9. The predicted octanol–water partition coefficient (Wildman–Crippen LogP) is 4.72. The van der Waals surface area contributed by atoms with Crippen molar-refractivity contribution in [1.82, 2.24) is 24.3 Å². The third-order valence-electron chi connectivity index (χ3n) is 4.76. The number of anilines is 1. The average molecular weight is 433 g/mol. The summed E-state index contributed by atoms with van der Waals surface area (Å²) in [7, 11) is 0. The molecule has 0 aliphatic rings. The first-order chi connectivity index (χ1) is 14.9. The summed E-state index contributed by atoms with van der Waals surface area (Å²) in [6.07, 6.45) is 7.31. The normalized spacial score (nSPS) is 11.5. The van der Waals surface area contributed by atoms with Gasteiger partial charge >= 0.3 is 0 Å². The predicted molar refractivity (Wildman–Crippen MR) is 123 cm³/mol. The Morgan fingerprint density at radius 1 is 1.03 bits per heavy atom. The number of carbonyl (C=O) groups excluding carboxylic acids is 1. The van der Waals surface area contributed by atoms with Gasteiger partial charge in [-0.05, 0) is 36.6 Å². The van der Waals surface area contributed by atoms with Crippen molar-refractivity contribution in [2.24, 2.45) is 0 Å². The molecule has 0 bridgehead atoms. The van der Waals surface area contributed by atoms with Crippen molar-refractivity contribution in [3.8, 4) is 11.5 Å². The maximum Gasteiger partial charge on any atom is 0.256 e. The Bertz CT molecular complexity index is 1210.